The Bertz CT molecular complexity index is 392. The third-order valence-corrected chi connectivity index (χ3v) is 3.56. The van der Waals surface area contributed by atoms with Gasteiger partial charge in [0, 0.05) is 12.1 Å². The summed E-state index contributed by atoms with van der Waals surface area (Å²) in [5.41, 5.74) is 4.59. The van der Waals surface area contributed by atoms with E-state index in [1.165, 1.54) is 29.5 Å². The SMILES string of the molecule is Cc1cc(C=O)c(C2CCCNC2)cc1C. The third-order valence-electron chi connectivity index (χ3n) is 3.56. The monoisotopic (exact) mass is 217 g/mol. The topological polar surface area (TPSA) is 29.1 Å². The lowest BCUT2D eigenvalue weighted by atomic mass is 9.86. The Morgan fingerprint density at radius 2 is 2.06 bits per heavy atom. The average molecular weight is 217 g/mol. The summed E-state index contributed by atoms with van der Waals surface area (Å²) in [7, 11) is 0. The molecule has 1 aromatic carbocycles. The summed E-state index contributed by atoms with van der Waals surface area (Å²) in [6.07, 6.45) is 3.39. The van der Waals surface area contributed by atoms with Gasteiger partial charge in [0.15, 0.2) is 0 Å². The highest BCUT2D eigenvalue weighted by atomic mass is 16.1. The number of aldehydes is 1. The zero-order valence-corrected chi connectivity index (χ0v) is 10.0. The normalized spacial score (nSPS) is 20.8. The Hall–Kier alpha value is -1.15. The molecule has 1 aliphatic rings. The van der Waals surface area contributed by atoms with E-state index in [4.69, 9.17) is 0 Å². The molecule has 0 aromatic heterocycles. The van der Waals surface area contributed by atoms with Crippen LogP contribution < -0.4 is 5.32 Å². The van der Waals surface area contributed by atoms with Crippen molar-refractivity contribution >= 4 is 6.29 Å². The first-order chi connectivity index (χ1) is 7.72. The van der Waals surface area contributed by atoms with Crippen molar-refractivity contribution in [1.29, 1.82) is 0 Å². The molecule has 1 aliphatic heterocycles. The molecule has 86 valence electrons. The van der Waals surface area contributed by atoms with Crippen LogP contribution in [0.1, 0.15) is 45.8 Å². The van der Waals surface area contributed by atoms with Crippen molar-refractivity contribution in [3.05, 3.63) is 34.4 Å². The van der Waals surface area contributed by atoms with Gasteiger partial charge in [0.05, 0.1) is 0 Å². The molecule has 0 aliphatic carbocycles. The van der Waals surface area contributed by atoms with Gasteiger partial charge in [-0.3, -0.25) is 4.79 Å². The molecule has 0 amide bonds. The molecule has 1 saturated heterocycles. The number of rotatable bonds is 2. The van der Waals surface area contributed by atoms with Gasteiger partial charge in [-0.05, 0) is 61.9 Å². The van der Waals surface area contributed by atoms with E-state index < -0.39 is 0 Å². The molecule has 0 spiro atoms. The summed E-state index contributed by atoms with van der Waals surface area (Å²) in [6.45, 7) is 6.29. The maximum Gasteiger partial charge on any atom is 0.150 e. The molecule has 1 fully saturated rings. The fourth-order valence-electron chi connectivity index (χ4n) is 2.43. The largest absolute Gasteiger partial charge is 0.316 e. The van der Waals surface area contributed by atoms with Gasteiger partial charge in [0.2, 0.25) is 0 Å². The Morgan fingerprint density at radius 3 is 2.69 bits per heavy atom. The number of carbonyl (C=O) groups excluding carboxylic acids is 1. The fourth-order valence-corrected chi connectivity index (χ4v) is 2.43. The van der Waals surface area contributed by atoms with E-state index in [1.54, 1.807) is 0 Å². The number of nitrogens with one attached hydrogen (secondary N) is 1. The molecule has 1 aromatic rings. The Balaban J connectivity index is 2.37. The second-order valence-electron chi connectivity index (χ2n) is 4.73. The molecule has 1 N–H and O–H groups in total. The molecule has 0 radical (unpaired) electrons. The summed E-state index contributed by atoms with van der Waals surface area (Å²) >= 11 is 0. The Morgan fingerprint density at radius 1 is 1.31 bits per heavy atom. The number of piperidine rings is 1. The molecule has 0 saturated carbocycles. The van der Waals surface area contributed by atoms with Crippen LogP contribution in [0.5, 0.6) is 0 Å². The first-order valence-corrected chi connectivity index (χ1v) is 5.99. The van der Waals surface area contributed by atoms with Crippen molar-refractivity contribution in [2.45, 2.75) is 32.6 Å². The molecule has 0 bridgehead atoms. The van der Waals surface area contributed by atoms with Gasteiger partial charge in [0.25, 0.3) is 0 Å². The highest BCUT2D eigenvalue weighted by molar-refractivity contribution is 5.78. The summed E-state index contributed by atoms with van der Waals surface area (Å²) in [4.78, 5) is 11.1. The van der Waals surface area contributed by atoms with E-state index in [-0.39, 0.29) is 0 Å². The number of benzene rings is 1. The molecule has 1 heterocycles. The maximum atomic E-state index is 11.1. The zero-order valence-electron chi connectivity index (χ0n) is 10.0. The van der Waals surface area contributed by atoms with Crippen LogP contribution in [0, 0.1) is 13.8 Å². The average Bonchev–Trinajstić information content (AvgIpc) is 2.33. The summed E-state index contributed by atoms with van der Waals surface area (Å²) in [5, 5.41) is 3.40. The Labute approximate surface area is 97.1 Å². The summed E-state index contributed by atoms with van der Waals surface area (Å²) in [6, 6.07) is 4.21. The highest BCUT2D eigenvalue weighted by Gasteiger charge is 2.18. The van der Waals surface area contributed by atoms with E-state index in [0.717, 1.165) is 24.9 Å². The highest BCUT2D eigenvalue weighted by Crippen LogP contribution is 2.27. The van der Waals surface area contributed by atoms with Gasteiger partial charge in [-0.2, -0.15) is 0 Å². The van der Waals surface area contributed by atoms with E-state index in [1.807, 2.05) is 6.07 Å². The van der Waals surface area contributed by atoms with Crippen LogP contribution in [0.2, 0.25) is 0 Å². The smallest absolute Gasteiger partial charge is 0.150 e. The maximum absolute atomic E-state index is 11.1. The fraction of sp³-hybridized carbons (Fsp3) is 0.500. The molecular weight excluding hydrogens is 198 g/mol. The van der Waals surface area contributed by atoms with E-state index >= 15 is 0 Å². The van der Waals surface area contributed by atoms with Crippen LogP contribution in [-0.2, 0) is 0 Å². The van der Waals surface area contributed by atoms with Gasteiger partial charge in [-0.25, -0.2) is 0 Å². The van der Waals surface area contributed by atoms with E-state index in [9.17, 15) is 4.79 Å². The van der Waals surface area contributed by atoms with Gasteiger partial charge in [0.1, 0.15) is 6.29 Å². The Kier molecular flexibility index (Phi) is 3.39. The van der Waals surface area contributed by atoms with Crippen molar-refractivity contribution in [1.82, 2.24) is 5.32 Å². The number of hydrogen-bond donors (Lipinski definition) is 1. The summed E-state index contributed by atoms with van der Waals surface area (Å²) in [5.74, 6) is 0.508. The first-order valence-electron chi connectivity index (χ1n) is 5.99. The van der Waals surface area contributed by atoms with Crippen molar-refractivity contribution in [2.75, 3.05) is 13.1 Å². The minimum atomic E-state index is 0.508. The van der Waals surface area contributed by atoms with Crippen LogP contribution in [0.25, 0.3) is 0 Å². The van der Waals surface area contributed by atoms with Crippen LogP contribution in [-0.4, -0.2) is 19.4 Å². The zero-order chi connectivity index (χ0) is 11.5. The molecule has 1 unspecified atom stereocenters. The lowest BCUT2D eigenvalue weighted by molar-refractivity contribution is 0.112. The van der Waals surface area contributed by atoms with Gasteiger partial charge in [-0.15, -0.1) is 0 Å². The molecule has 1 atom stereocenters. The van der Waals surface area contributed by atoms with Crippen LogP contribution in [0.4, 0.5) is 0 Å². The van der Waals surface area contributed by atoms with E-state index in [0.29, 0.717) is 5.92 Å². The van der Waals surface area contributed by atoms with Crippen LogP contribution >= 0.6 is 0 Å². The molecule has 2 heteroatoms. The molecule has 2 rings (SSSR count). The molecular formula is C14H19NO. The van der Waals surface area contributed by atoms with E-state index in [2.05, 4.69) is 25.2 Å². The van der Waals surface area contributed by atoms with Crippen LogP contribution in [0.3, 0.4) is 0 Å². The van der Waals surface area contributed by atoms with Gasteiger partial charge >= 0.3 is 0 Å². The molecule has 2 nitrogen and oxygen atoms in total. The second-order valence-corrected chi connectivity index (χ2v) is 4.73. The van der Waals surface area contributed by atoms with Crippen molar-refractivity contribution in [3.63, 3.8) is 0 Å². The predicted molar refractivity (Wildman–Crippen MR) is 66.1 cm³/mol. The first kappa shape index (κ1) is 11.3. The quantitative estimate of drug-likeness (QED) is 0.771. The predicted octanol–water partition coefficient (Wildman–Crippen LogP) is 2.58. The minimum absolute atomic E-state index is 0.508. The lowest BCUT2D eigenvalue weighted by Gasteiger charge is -2.25. The van der Waals surface area contributed by atoms with Crippen LogP contribution in [0.15, 0.2) is 12.1 Å². The summed E-state index contributed by atoms with van der Waals surface area (Å²) < 4.78 is 0. The standard InChI is InChI=1S/C14H19NO/c1-10-6-13(9-16)14(7-11(10)2)12-4-3-5-15-8-12/h6-7,9,12,15H,3-5,8H2,1-2H3. The third kappa shape index (κ3) is 2.17. The second kappa shape index (κ2) is 4.79. The van der Waals surface area contributed by atoms with Crippen molar-refractivity contribution < 1.29 is 4.79 Å². The number of hydrogen-bond acceptors (Lipinski definition) is 2. The molecule has 16 heavy (non-hydrogen) atoms. The lowest BCUT2D eigenvalue weighted by Crippen LogP contribution is -2.29. The number of carbonyl (C=O) groups is 1. The number of aryl methyl sites for hydroxylation is 2. The minimum Gasteiger partial charge on any atom is -0.316 e. The van der Waals surface area contributed by atoms with Gasteiger partial charge in [-0.1, -0.05) is 6.07 Å². The van der Waals surface area contributed by atoms with Gasteiger partial charge < -0.3 is 5.32 Å². The van der Waals surface area contributed by atoms with Crippen molar-refractivity contribution in [2.24, 2.45) is 0 Å². The van der Waals surface area contributed by atoms with Crippen molar-refractivity contribution in [3.8, 4) is 0 Å².